The zero-order valence-electron chi connectivity index (χ0n) is 5.55. The monoisotopic (exact) mass is 127 g/mol. The fraction of sp³-hybridized carbons (Fsp3) is 0.833. The van der Waals surface area contributed by atoms with Gasteiger partial charge in [0, 0.05) is 19.6 Å². The summed E-state index contributed by atoms with van der Waals surface area (Å²) >= 11 is 0. The molecule has 0 spiro atoms. The van der Waals surface area contributed by atoms with Gasteiger partial charge in [-0.2, -0.15) is 0 Å². The molecule has 9 heavy (non-hydrogen) atoms. The summed E-state index contributed by atoms with van der Waals surface area (Å²) in [4.78, 5) is 10.7. The Morgan fingerprint density at radius 3 is 2.89 bits per heavy atom. The standard InChI is InChI=1S/C6H11N2O/c1-5(9)6-4-7-2-3-8-6/h6-7H,2-4H2,1H3. The molecule has 1 radical (unpaired) electrons. The van der Waals surface area contributed by atoms with Gasteiger partial charge in [0.25, 0.3) is 0 Å². The van der Waals surface area contributed by atoms with E-state index < -0.39 is 0 Å². The molecule has 0 aliphatic carbocycles. The Morgan fingerprint density at radius 1 is 1.78 bits per heavy atom. The van der Waals surface area contributed by atoms with E-state index in [0.717, 1.165) is 19.6 Å². The summed E-state index contributed by atoms with van der Waals surface area (Å²) in [6.45, 7) is 4.02. The Labute approximate surface area is 54.8 Å². The van der Waals surface area contributed by atoms with Crippen LogP contribution in [0.4, 0.5) is 0 Å². The fourth-order valence-corrected chi connectivity index (χ4v) is 0.875. The number of hydrogen-bond donors (Lipinski definition) is 1. The molecule has 1 rings (SSSR count). The number of rotatable bonds is 1. The second-order valence-electron chi connectivity index (χ2n) is 2.24. The van der Waals surface area contributed by atoms with Crippen LogP contribution in [0.5, 0.6) is 0 Å². The molecule has 1 heterocycles. The normalized spacial score (nSPS) is 27.9. The number of piperazine rings is 1. The summed E-state index contributed by atoms with van der Waals surface area (Å²) in [5.74, 6) is 0.169. The van der Waals surface area contributed by atoms with Gasteiger partial charge in [0.2, 0.25) is 0 Å². The zero-order chi connectivity index (χ0) is 6.69. The molecule has 1 saturated heterocycles. The highest BCUT2D eigenvalue weighted by atomic mass is 16.1. The SMILES string of the molecule is CC(=O)C1CNCC[N]1. The van der Waals surface area contributed by atoms with Crippen LogP contribution in [0.15, 0.2) is 0 Å². The third-order valence-electron chi connectivity index (χ3n) is 1.45. The summed E-state index contributed by atoms with van der Waals surface area (Å²) in [7, 11) is 0. The third kappa shape index (κ3) is 1.77. The van der Waals surface area contributed by atoms with Crippen molar-refractivity contribution < 1.29 is 4.79 Å². The van der Waals surface area contributed by atoms with Gasteiger partial charge in [0.15, 0.2) is 0 Å². The minimum atomic E-state index is -0.0706. The maximum absolute atomic E-state index is 10.7. The van der Waals surface area contributed by atoms with Gasteiger partial charge in [0.1, 0.15) is 5.78 Å². The van der Waals surface area contributed by atoms with Gasteiger partial charge in [-0.15, -0.1) is 0 Å². The lowest BCUT2D eigenvalue weighted by atomic mass is 10.2. The van der Waals surface area contributed by atoms with Crippen molar-refractivity contribution >= 4 is 5.78 Å². The third-order valence-corrected chi connectivity index (χ3v) is 1.45. The molecule has 1 N–H and O–H groups in total. The van der Waals surface area contributed by atoms with Gasteiger partial charge in [-0.25, -0.2) is 5.32 Å². The molecule has 0 bridgehead atoms. The first kappa shape index (κ1) is 6.71. The highest BCUT2D eigenvalue weighted by Gasteiger charge is 2.16. The molecule has 0 amide bonds. The van der Waals surface area contributed by atoms with Gasteiger partial charge in [-0.1, -0.05) is 0 Å². The van der Waals surface area contributed by atoms with E-state index in [0.29, 0.717) is 0 Å². The molecular weight excluding hydrogens is 116 g/mol. The Balaban J connectivity index is 2.31. The van der Waals surface area contributed by atoms with E-state index in [1.807, 2.05) is 0 Å². The maximum Gasteiger partial charge on any atom is 0.149 e. The van der Waals surface area contributed by atoms with Crippen molar-refractivity contribution in [3.05, 3.63) is 0 Å². The predicted octanol–water partition coefficient (Wildman–Crippen LogP) is -0.848. The minimum absolute atomic E-state index is 0.0706. The largest absolute Gasteiger partial charge is 0.313 e. The van der Waals surface area contributed by atoms with Crippen molar-refractivity contribution in [1.29, 1.82) is 0 Å². The molecule has 3 heteroatoms. The molecule has 1 unspecified atom stereocenters. The molecule has 51 valence electrons. The van der Waals surface area contributed by atoms with Crippen LogP contribution in [-0.4, -0.2) is 31.5 Å². The number of nitrogens with one attached hydrogen (secondary N) is 1. The molecular formula is C6H11N2O. The lowest BCUT2D eigenvalue weighted by Crippen LogP contribution is -2.47. The molecule has 0 aromatic rings. The average molecular weight is 127 g/mol. The van der Waals surface area contributed by atoms with Crippen LogP contribution in [0.3, 0.4) is 0 Å². The van der Waals surface area contributed by atoms with Crippen molar-refractivity contribution in [2.75, 3.05) is 19.6 Å². The van der Waals surface area contributed by atoms with Crippen molar-refractivity contribution in [2.24, 2.45) is 0 Å². The lowest BCUT2D eigenvalue weighted by Gasteiger charge is -2.19. The zero-order valence-corrected chi connectivity index (χ0v) is 5.55. The second-order valence-corrected chi connectivity index (χ2v) is 2.24. The summed E-state index contributed by atoms with van der Waals surface area (Å²) < 4.78 is 0. The number of carbonyl (C=O) groups excluding carboxylic acids is 1. The Morgan fingerprint density at radius 2 is 2.56 bits per heavy atom. The Bertz CT molecular complexity index is 108. The molecule has 1 aliphatic heterocycles. The first-order valence-electron chi connectivity index (χ1n) is 3.18. The topological polar surface area (TPSA) is 43.2 Å². The summed E-state index contributed by atoms with van der Waals surface area (Å²) in [5.41, 5.74) is 0. The Hall–Kier alpha value is -0.410. The predicted molar refractivity (Wildman–Crippen MR) is 34.3 cm³/mol. The first-order valence-corrected chi connectivity index (χ1v) is 3.18. The van der Waals surface area contributed by atoms with Crippen molar-refractivity contribution in [3.8, 4) is 0 Å². The van der Waals surface area contributed by atoms with Gasteiger partial charge >= 0.3 is 0 Å². The van der Waals surface area contributed by atoms with E-state index in [1.165, 1.54) is 0 Å². The maximum atomic E-state index is 10.7. The minimum Gasteiger partial charge on any atom is -0.313 e. The lowest BCUT2D eigenvalue weighted by molar-refractivity contribution is -0.119. The highest BCUT2D eigenvalue weighted by molar-refractivity contribution is 5.81. The number of ketones is 1. The number of Topliss-reactive ketones (excluding diaryl/α,β-unsaturated/α-hetero) is 1. The van der Waals surface area contributed by atoms with Gasteiger partial charge in [0.05, 0.1) is 6.04 Å². The fourth-order valence-electron chi connectivity index (χ4n) is 0.875. The highest BCUT2D eigenvalue weighted by Crippen LogP contribution is 1.89. The molecule has 1 fully saturated rings. The smallest absolute Gasteiger partial charge is 0.149 e. The van der Waals surface area contributed by atoms with E-state index in [2.05, 4.69) is 10.6 Å². The van der Waals surface area contributed by atoms with Gasteiger partial charge < -0.3 is 5.32 Å². The average Bonchev–Trinajstić information content (AvgIpc) is 1.90. The van der Waals surface area contributed by atoms with E-state index in [4.69, 9.17) is 0 Å². The quantitative estimate of drug-likeness (QED) is 0.498. The summed E-state index contributed by atoms with van der Waals surface area (Å²) in [6.07, 6.45) is 0. The van der Waals surface area contributed by atoms with Crippen LogP contribution >= 0.6 is 0 Å². The van der Waals surface area contributed by atoms with Crippen LogP contribution < -0.4 is 10.6 Å². The molecule has 1 atom stereocenters. The number of hydrogen-bond acceptors (Lipinski definition) is 2. The van der Waals surface area contributed by atoms with E-state index >= 15 is 0 Å². The van der Waals surface area contributed by atoms with Crippen LogP contribution in [-0.2, 0) is 4.79 Å². The van der Waals surface area contributed by atoms with Gasteiger partial charge in [-0.3, -0.25) is 4.79 Å². The molecule has 0 aromatic heterocycles. The van der Waals surface area contributed by atoms with Crippen LogP contribution in [0.2, 0.25) is 0 Å². The second kappa shape index (κ2) is 2.94. The van der Waals surface area contributed by atoms with Crippen molar-refractivity contribution in [1.82, 2.24) is 10.6 Å². The van der Waals surface area contributed by atoms with Crippen molar-refractivity contribution in [3.63, 3.8) is 0 Å². The van der Waals surface area contributed by atoms with Crippen LogP contribution in [0, 0.1) is 0 Å². The van der Waals surface area contributed by atoms with E-state index in [9.17, 15) is 4.79 Å². The molecule has 3 nitrogen and oxygen atoms in total. The molecule has 0 aromatic carbocycles. The molecule has 1 aliphatic rings. The van der Waals surface area contributed by atoms with E-state index in [-0.39, 0.29) is 11.8 Å². The van der Waals surface area contributed by atoms with E-state index in [1.54, 1.807) is 6.92 Å². The van der Waals surface area contributed by atoms with Gasteiger partial charge in [-0.05, 0) is 6.92 Å². The molecule has 0 saturated carbocycles. The van der Waals surface area contributed by atoms with Crippen molar-refractivity contribution in [2.45, 2.75) is 13.0 Å². The number of carbonyl (C=O) groups is 1. The Kier molecular flexibility index (Phi) is 2.19. The number of nitrogens with zero attached hydrogens (tertiary/aromatic N) is 1. The van der Waals surface area contributed by atoms with Crippen LogP contribution in [0.1, 0.15) is 6.92 Å². The van der Waals surface area contributed by atoms with Crippen LogP contribution in [0.25, 0.3) is 0 Å². The summed E-state index contributed by atoms with van der Waals surface area (Å²) in [5, 5.41) is 7.22. The summed E-state index contributed by atoms with van der Waals surface area (Å²) in [6, 6.07) is -0.0706. The first-order chi connectivity index (χ1) is 4.30.